The number of pyridine rings is 1. The van der Waals surface area contributed by atoms with Crippen molar-refractivity contribution in [3.05, 3.63) is 40.1 Å². The van der Waals surface area contributed by atoms with Gasteiger partial charge in [-0.1, -0.05) is 0 Å². The number of primary amides is 1. The van der Waals surface area contributed by atoms with Gasteiger partial charge in [-0.15, -0.1) is 0 Å². The Bertz CT molecular complexity index is 715. The minimum atomic E-state index is -0.448. The number of amides is 1. The van der Waals surface area contributed by atoms with Gasteiger partial charge in [0.25, 0.3) is 5.69 Å². The standard InChI is InChI=1S/C14H16N4O3/c1-8-5-13(17-9(2)6-14(15)19)11-7-10(18(20)21)3-4-12(11)16-8/h3-5,7,9H,6H2,1-2H3,(H2,15,19)(H,16,17). The summed E-state index contributed by atoms with van der Waals surface area (Å²) in [7, 11) is 0. The minimum absolute atomic E-state index is 0.00115. The fourth-order valence-electron chi connectivity index (χ4n) is 2.20. The summed E-state index contributed by atoms with van der Waals surface area (Å²) in [6, 6.07) is 6.13. The lowest BCUT2D eigenvalue weighted by Crippen LogP contribution is -2.24. The first-order valence-electron chi connectivity index (χ1n) is 6.47. The highest BCUT2D eigenvalue weighted by Gasteiger charge is 2.13. The Morgan fingerprint density at radius 2 is 2.19 bits per heavy atom. The van der Waals surface area contributed by atoms with Gasteiger partial charge in [0.2, 0.25) is 5.91 Å². The Morgan fingerprint density at radius 3 is 2.81 bits per heavy atom. The first kappa shape index (κ1) is 14.7. The van der Waals surface area contributed by atoms with Gasteiger partial charge in [-0.05, 0) is 26.0 Å². The summed E-state index contributed by atoms with van der Waals surface area (Å²) >= 11 is 0. The number of benzene rings is 1. The number of hydrogen-bond donors (Lipinski definition) is 2. The molecule has 1 amide bonds. The van der Waals surface area contributed by atoms with Gasteiger partial charge in [0.15, 0.2) is 0 Å². The summed E-state index contributed by atoms with van der Waals surface area (Å²) in [6.45, 7) is 3.66. The Morgan fingerprint density at radius 1 is 1.48 bits per heavy atom. The molecule has 0 bridgehead atoms. The van der Waals surface area contributed by atoms with E-state index >= 15 is 0 Å². The molecule has 0 radical (unpaired) electrons. The van der Waals surface area contributed by atoms with Gasteiger partial charge in [-0.3, -0.25) is 19.9 Å². The van der Waals surface area contributed by atoms with Crippen LogP contribution in [0.3, 0.4) is 0 Å². The number of rotatable bonds is 5. The van der Waals surface area contributed by atoms with Gasteiger partial charge >= 0.3 is 0 Å². The van der Waals surface area contributed by atoms with Crippen LogP contribution in [-0.4, -0.2) is 21.9 Å². The number of nitrogens with two attached hydrogens (primary N) is 1. The van der Waals surface area contributed by atoms with Crippen LogP contribution in [0.2, 0.25) is 0 Å². The maximum atomic E-state index is 11.0. The van der Waals surface area contributed by atoms with E-state index in [0.29, 0.717) is 16.6 Å². The molecule has 1 aromatic carbocycles. The lowest BCUT2D eigenvalue weighted by Gasteiger charge is -2.16. The van der Waals surface area contributed by atoms with E-state index in [2.05, 4.69) is 10.3 Å². The Hall–Kier alpha value is -2.70. The molecule has 3 N–H and O–H groups in total. The van der Waals surface area contributed by atoms with E-state index in [1.807, 2.05) is 13.8 Å². The van der Waals surface area contributed by atoms with Gasteiger partial charge in [-0.2, -0.15) is 0 Å². The molecule has 7 nitrogen and oxygen atoms in total. The number of aryl methyl sites for hydroxylation is 1. The quantitative estimate of drug-likeness (QED) is 0.646. The molecule has 0 spiro atoms. The van der Waals surface area contributed by atoms with Crippen LogP contribution in [0.5, 0.6) is 0 Å². The SMILES string of the molecule is Cc1cc(NC(C)CC(N)=O)c2cc([N+](=O)[O-])ccc2n1. The van der Waals surface area contributed by atoms with Crippen LogP contribution in [-0.2, 0) is 4.79 Å². The van der Waals surface area contributed by atoms with Crippen molar-refractivity contribution in [2.75, 3.05) is 5.32 Å². The molecule has 1 atom stereocenters. The highest BCUT2D eigenvalue weighted by atomic mass is 16.6. The molecule has 21 heavy (non-hydrogen) atoms. The number of fused-ring (bicyclic) bond motifs is 1. The third kappa shape index (κ3) is 3.44. The molecule has 0 aliphatic rings. The van der Waals surface area contributed by atoms with Gasteiger partial charge < -0.3 is 11.1 Å². The highest BCUT2D eigenvalue weighted by Crippen LogP contribution is 2.27. The van der Waals surface area contributed by atoms with E-state index in [9.17, 15) is 14.9 Å². The third-order valence-corrected chi connectivity index (χ3v) is 3.04. The van der Waals surface area contributed by atoms with E-state index in [1.165, 1.54) is 12.1 Å². The highest BCUT2D eigenvalue weighted by molar-refractivity contribution is 5.93. The lowest BCUT2D eigenvalue weighted by molar-refractivity contribution is -0.384. The zero-order valence-corrected chi connectivity index (χ0v) is 11.8. The smallest absolute Gasteiger partial charge is 0.270 e. The van der Waals surface area contributed by atoms with E-state index < -0.39 is 10.8 Å². The number of carbonyl (C=O) groups is 1. The van der Waals surface area contributed by atoms with Crippen LogP contribution in [0, 0.1) is 17.0 Å². The van der Waals surface area contributed by atoms with Gasteiger partial charge in [0, 0.05) is 41.4 Å². The van der Waals surface area contributed by atoms with E-state index in [-0.39, 0.29) is 18.2 Å². The Balaban J connectivity index is 2.47. The van der Waals surface area contributed by atoms with Gasteiger partial charge in [0.05, 0.1) is 10.4 Å². The second-order valence-electron chi connectivity index (χ2n) is 4.99. The third-order valence-electron chi connectivity index (χ3n) is 3.04. The number of carbonyl (C=O) groups excluding carboxylic acids is 1. The first-order chi connectivity index (χ1) is 9.86. The lowest BCUT2D eigenvalue weighted by atomic mass is 10.1. The molecule has 0 saturated carbocycles. The average Bonchev–Trinajstić information content (AvgIpc) is 2.36. The molecule has 0 aliphatic carbocycles. The van der Waals surface area contributed by atoms with Crippen LogP contribution in [0.15, 0.2) is 24.3 Å². The largest absolute Gasteiger partial charge is 0.381 e. The molecule has 2 rings (SSSR count). The summed E-state index contributed by atoms with van der Waals surface area (Å²) in [6.07, 6.45) is 0.178. The van der Waals surface area contributed by atoms with Crippen molar-refractivity contribution in [1.29, 1.82) is 0 Å². The molecule has 1 aromatic heterocycles. The molecule has 0 fully saturated rings. The zero-order valence-electron chi connectivity index (χ0n) is 11.8. The van der Waals surface area contributed by atoms with Gasteiger partial charge in [0.1, 0.15) is 0 Å². The number of anilines is 1. The van der Waals surface area contributed by atoms with Crippen LogP contribution in [0.25, 0.3) is 10.9 Å². The molecule has 0 saturated heterocycles. The average molecular weight is 288 g/mol. The monoisotopic (exact) mass is 288 g/mol. The number of nitrogens with one attached hydrogen (secondary N) is 1. The van der Waals surface area contributed by atoms with Crippen molar-refractivity contribution >= 4 is 28.2 Å². The number of aromatic nitrogens is 1. The molecular formula is C14H16N4O3. The van der Waals surface area contributed by atoms with Crippen LogP contribution < -0.4 is 11.1 Å². The molecular weight excluding hydrogens is 272 g/mol. The molecule has 110 valence electrons. The topological polar surface area (TPSA) is 111 Å². The van der Waals surface area contributed by atoms with Crippen LogP contribution in [0.1, 0.15) is 19.0 Å². The predicted octanol–water partition coefficient (Wildman–Crippen LogP) is 2.13. The summed E-state index contributed by atoms with van der Waals surface area (Å²) in [5.74, 6) is -0.406. The number of nitrogens with zero attached hydrogens (tertiary/aromatic N) is 2. The second-order valence-corrected chi connectivity index (χ2v) is 4.99. The summed E-state index contributed by atoms with van der Waals surface area (Å²) in [5, 5.41) is 14.7. The number of nitro benzene ring substituents is 1. The maximum absolute atomic E-state index is 11.0. The molecule has 0 aliphatic heterocycles. The molecule has 1 unspecified atom stereocenters. The van der Waals surface area contributed by atoms with Crippen molar-refractivity contribution in [3.8, 4) is 0 Å². The predicted molar refractivity (Wildman–Crippen MR) is 80.0 cm³/mol. The summed E-state index contributed by atoms with van der Waals surface area (Å²) < 4.78 is 0. The summed E-state index contributed by atoms with van der Waals surface area (Å²) in [4.78, 5) is 25.8. The molecule has 2 aromatic rings. The number of hydrogen-bond acceptors (Lipinski definition) is 5. The van der Waals surface area contributed by atoms with Crippen molar-refractivity contribution in [2.45, 2.75) is 26.3 Å². The van der Waals surface area contributed by atoms with E-state index in [0.717, 1.165) is 5.69 Å². The molecule has 1 heterocycles. The Labute approximate surface area is 121 Å². The molecule has 7 heteroatoms. The van der Waals surface area contributed by atoms with Crippen molar-refractivity contribution in [3.63, 3.8) is 0 Å². The minimum Gasteiger partial charge on any atom is -0.381 e. The number of nitro groups is 1. The van der Waals surface area contributed by atoms with Crippen molar-refractivity contribution in [2.24, 2.45) is 5.73 Å². The zero-order chi connectivity index (χ0) is 15.6. The van der Waals surface area contributed by atoms with E-state index in [4.69, 9.17) is 5.73 Å². The van der Waals surface area contributed by atoms with Crippen LogP contribution in [0.4, 0.5) is 11.4 Å². The van der Waals surface area contributed by atoms with Crippen molar-refractivity contribution in [1.82, 2.24) is 4.98 Å². The van der Waals surface area contributed by atoms with Crippen LogP contribution >= 0.6 is 0 Å². The van der Waals surface area contributed by atoms with Crippen molar-refractivity contribution < 1.29 is 9.72 Å². The first-order valence-corrected chi connectivity index (χ1v) is 6.47. The van der Waals surface area contributed by atoms with Gasteiger partial charge in [-0.25, -0.2) is 0 Å². The fourth-order valence-corrected chi connectivity index (χ4v) is 2.20. The maximum Gasteiger partial charge on any atom is 0.270 e. The van der Waals surface area contributed by atoms with E-state index in [1.54, 1.807) is 12.1 Å². The normalized spacial score (nSPS) is 12.1. The Kier molecular flexibility index (Phi) is 4.02. The number of non-ortho nitro benzene ring substituents is 1. The summed E-state index contributed by atoms with van der Waals surface area (Å²) in [5.41, 5.74) is 7.32. The second kappa shape index (κ2) is 5.74. The fraction of sp³-hybridized carbons (Fsp3) is 0.286.